The number of imidazole rings is 1. The molecule has 8 heteroatoms. The lowest BCUT2D eigenvalue weighted by molar-refractivity contribution is -0.121. The highest BCUT2D eigenvalue weighted by molar-refractivity contribution is 7.89. The van der Waals surface area contributed by atoms with E-state index in [0.29, 0.717) is 36.8 Å². The highest BCUT2D eigenvalue weighted by Crippen LogP contribution is 2.27. The van der Waals surface area contributed by atoms with Crippen molar-refractivity contribution in [1.82, 2.24) is 13.9 Å². The van der Waals surface area contributed by atoms with Crippen molar-refractivity contribution in [3.8, 4) is 0 Å². The van der Waals surface area contributed by atoms with Gasteiger partial charge >= 0.3 is 0 Å². The summed E-state index contributed by atoms with van der Waals surface area (Å²) in [6.45, 7) is 7.40. The Labute approximate surface area is 189 Å². The lowest BCUT2D eigenvalue weighted by Gasteiger charge is -2.30. The van der Waals surface area contributed by atoms with E-state index in [4.69, 9.17) is 0 Å². The molecule has 0 radical (unpaired) electrons. The summed E-state index contributed by atoms with van der Waals surface area (Å²) in [5.74, 6) is 0.222. The monoisotopic (exact) mass is 454 g/mol. The molecule has 1 amide bonds. The zero-order valence-electron chi connectivity index (χ0n) is 18.8. The van der Waals surface area contributed by atoms with Gasteiger partial charge < -0.3 is 4.57 Å². The molecule has 0 aliphatic carbocycles. The van der Waals surface area contributed by atoms with E-state index >= 15 is 0 Å². The first-order chi connectivity index (χ1) is 15.3. The summed E-state index contributed by atoms with van der Waals surface area (Å²) in [5, 5.41) is 3.00. The Morgan fingerprint density at radius 3 is 2.50 bits per heavy atom. The van der Waals surface area contributed by atoms with Gasteiger partial charge in [0, 0.05) is 25.6 Å². The molecule has 1 saturated heterocycles. The summed E-state index contributed by atoms with van der Waals surface area (Å²) < 4.78 is 29.6. The molecular formula is C24H30N4O3S. The maximum absolute atomic E-state index is 13.0. The molecule has 0 atom stereocenters. The predicted molar refractivity (Wildman–Crippen MR) is 126 cm³/mol. The Morgan fingerprint density at radius 1 is 1.09 bits per heavy atom. The van der Waals surface area contributed by atoms with Crippen LogP contribution in [0.2, 0.25) is 0 Å². The van der Waals surface area contributed by atoms with Crippen LogP contribution in [0.5, 0.6) is 0 Å². The number of benzene rings is 2. The molecule has 1 fully saturated rings. The van der Waals surface area contributed by atoms with Crippen molar-refractivity contribution in [3.63, 3.8) is 0 Å². The maximum Gasteiger partial charge on any atom is 0.243 e. The highest BCUT2D eigenvalue weighted by atomic mass is 32.2. The Bertz CT molecular complexity index is 1240. The van der Waals surface area contributed by atoms with Gasteiger partial charge in [-0.05, 0) is 68.5 Å². The molecule has 0 bridgehead atoms. The molecule has 1 aliphatic heterocycles. The van der Waals surface area contributed by atoms with Crippen molar-refractivity contribution in [1.29, 1.82) is 0 Å². The minimum Gasteiger partial charge on any atom is -0.310 e. The van der Waals surface area contributed by atoms with E-state index in [1.54, 1.807) is 12.1 Å². The fraction of sp³-hybridized carbons (Fsp3) is 0.417. The molecule has 3 aromatic rings. The van der Waals surface area contributed by atoms with Crippen LogP contribution in [0.3, 0.4) is 0 Å². The van der Waals surface area contributed by atoms with Gasteiger partial charge in [-0.1, -0.05) is 25.1 Å². The van der Waals surface area contributed by atoms with Crippen LogP contribution in [0, 0.1) is 19.8 Å². The normalized spacial score (nSPS) is 15.8. The van der Waals surface area contributed by atoms with Gasteiger partial charge in [-0.25, -0.2) is 13.4 Å². The molecule has 0 spiro atoms. The average Bonchev–Trinajstić information content (AvgIpc) is 3.13. The molecule has 1 N–H and O–H groups in total. The number of hydrogen-bond donors (Lipinski definition) is 1. The first-order valence-corrected chi connectivity index (χ1v) is 12.6. The predicted octanol–water partition coefficient (Wildman–Crippen LogP) is 4.10. The second-order valence-electron chi connectivity index (χ2n) is 8.49. The van der Waals surface area contributed by atoms with Crippen molar-refractivity contribution >= 4 is 32.9 Å². The molecule has 7 nitrogen and oxygen atoms in total. The lowest BCUT2D eigenvalue weighted by Crippen LogP contribution is -2.41. The number of anilines is 1. The molecule has 1 aromatic heterocycles. The Balaban J connectivity index is 1.44. The fourth-order valence-electron chi connectivity index (χ4n) is 4.21. The maximum atomic E-state index is 13.0. The number of piperidine rings is 1. The van der Waals surface area contributed by atoms with Gasteiger partial charge in [-0.15, -0.1) is 0 Å². The highest BCUT2D eigenvalue weighted by Gasteiger charge is 2.32. The summed E-state index contributed by atoms with van der Waals surface area (Å²) in [6, 6.07) is 13.1. The van der Waals surface area contributed by atoms with Gasteiger partial charge in [-0.2, -0.15) is 4.31 Å². The number of para-hydroxylation sites is 2. The second-order valence-corrected chi connectivity index (χ2v) is 10.4. The van der Waals surface area contributed by atoms with Crippen LogP contribution in [0.15, 0.2) is 47.4 Å². The molecule has 2 aromatic carbocycles. The molecule has 1 aliphatic rings. The van der Waals surface area contributed by atoms with Gasteiger partial charge in [0.1, 0.15) is 0 Å². The van der Waals surface area contributed by atoms with Gasteiger partial charge in [0.05, 0.1) is 15.9 Å². The van der Waals surface area contributed by atoms with Crippen LogP contribution < -0.4 is 5.32 Å². The standard InChI is InChI=1S/C24H30N4O3S/c1-4-13-28-22-8-6-5-7-21(22)25-24(28)26-23(29)19-11-14-27(15-12-19)32(30,31)20-10-9-17(2)18(3)16-20/h5-10,16,19H,4,11-15H2,1-3H3,(H,25,26,29). The molecule has 4 rings (SSSR count). The third-order valence-electron chi connectivity index (χ3n) is 6.28. The van der Waals surface area contributed by atoms with Crippen molar-refractivity contribution in [2.75, 3.05) is 18.4 Å². The Kier molecular flexibility index (Phi) is 6.35. The van der Waals surface area contributed by atoms with Crippen molar-refractivity contribution in [2.24, 2.45) is 5.92 Å². The molecule has 170 valence electrons. The SMILES string of the molecule is CCCn1c(NC(=O)C2CCN(S(=O)(=O)c3ccc(C)c(C)c3)CC2)nc2ccccc21. The van der Waals surface area contributed by atoms with E-state index in [1.165, 1.54) is 4.31 Å². The number of rotatable bonds is 6. The quantitative estimate of drug-likeness (QED) is 0.608. The summed E-state index contributed by atoms with van der Waals surface area (Å²) in [4.78, 5) is 17.9. The fourth-order valence-corrected chi connectivity index (χ4v) is 5.77. The lowest BCUT2D eigenvalue weighted by atomic mass is 9.97. The number of hydrogen-bond acceptors (Lipinski definition) is 4. The van der Waals surface area contributed by atoms with E-state index in [9.17, 15) is 13.2 Å². The zero-order chi connectivity index (χ0) is 22.9. The topological polar surface area (TPSA) is 84.3 Å². The first-order valence-electron chi connectivity index (χ1n) is 11.1. The van der Waals surface area contributed by atoms with Gasteiger partial charge in [0.25, 0.3) is 0 Å². The van der Waals surface area contributed by atoms with E-state index in [2.05, 4.69) is 17.2 Å². The molecule has 2 heterocycles. The summed E-state index contributed by atoms with van der Waals surface area (Å²) in [7, 11) is -3.56. The largest absolute Gasteiger partial charge is 0.310 e. The summed E-state index contributed by atoms with van der Waals surface area (Å²) >= 11 is 0. The molecule has 32 heavy (non-hydrogen) atoms. The second kappa shape index (κ2) is 9.03. The van der Waals surface area contributed by atoms with Crippen molar-refractivity contribution < 1.29 is 13.2 Å². The van der Waals surface area contributed by atoms with Crippen LogP contribution in [0.25, 0.3) is 11.0 Å². The van der Waals surface area contributed by atoms with Gasteiger partial charge in [0.15, 0.2) is 0 Å². The Morgan fingerprint density at radius 2 is 1.81 bits per heavy atom. The minimum atomic E-state index is -3.56. The van der Waals surface area contributed by atoms with Crippen LogP contribution in [-0.4, -0.2) is 41.3 Å². The number of nitrogens with zero attached hydrogens (tertiary/aromatic N) is 3. The number of carbonyl (C=O) groups is 1. The summed E-state index contributed by atoms with van der Waals surface area (Å²) in [6.07, 6.45) is 1.91. The van der Waals surface area contributed by atoms with E-state index in [-0.39, 0.29) is 11.8 Å². The van der Waals surface area contributed by atoms with Crippen LogP contribution in [0.4, 0.5) is 5.95 Å². The number of aryl methyl sites for hydroxylation is 3. The third kappa shape index (κ3) is 4.29. The van der Waals surface area contributed by atoms with Crippen LogP contribution >= 0.6 is 0 Å². The van der Waals surface area contributed by atoms with Gasteiger partial charge in [0.2, 0.25) is 21.9 Å². The van der Waals surface area contributed by atoms with Crippen molar-refractivity contribution in [2.45, 2.75) is 51.5 Å². The number of amides is 1. The third-order valence-corrected chi connectivity index (χ3v) is 8.17. The van der Waals surface area contributed by atoms with Crippen LogP contribution in [0.1, 0.15) is 37.3 Å². The van der Waals surface area contributed by atoms with Gasteiger partial charge in [-0.3, -0.25) is 10.1 Å². The zero-order valence-corrected chi connectivity index (χ0v) is 19.7. The van der Waals surface area contributed by atoms with Crippen LogP contribution in [-0.2, 0) is 21.4 Å². The number of nitrogens with one attached hydrogen (secondary N) is 1. The first kappa shape index (κ1) is 22.5. The molecule has 0 unspecified atom stereocenters. The summed E-state index contributed by atoms with van der Waals surface area (Å²) in [5.41, 5.74) is 3.87. The molecule has 0 saturated carbocycles. The smallest absolute Gasteiger partial charge is 0.243 e. The minimum absolute atomic E-state index is 0.0964. The van der Waals surface area contributed by atoms with E-state index < -0.39 is 10.0 Å². The van der Waals surface area contributed by atoms with E-state index in [0.717, 1.165) is 35.1 Å². The average molecular weight is 455 g/mol. The number of aromatic nitrogens is 2. The Hall–Kier alpha value is -2.71. The number of fused-ring (bicyclic) bond motifs is 1. The number of carbonyl (C=O) groups excluding carboxylic acids is 1. The van der Waals surface area contributed by atoms with E-state index in [1.807, 2.05) is 48.7 Å². The van der Waals surface area contributed by atoms with Crippen molar-refractivity contribution in [3.05, 3.63) is 53.6 Å². The number of sulfonamides is 1. The molecular weight excluding hydrogens is 424 g/mol.